The van der Waals surface area contributed by atoms with Crippen LogP contribution in [0.1, 0.15) is 36.8 Å². The number of sulfonamides is 1. The fraction of sp³-hybridized carbons (Fsp3) is 0.278. The van der Waals surface area contributed by atoms with Crippen molar-refractivity contribution in [2.24, 2.45) is 0 Å². The largest absolute Gasteiger partial charge is 0.457 e. The van der Waals surface area contributed by atoms with E-state index in [0.717, 1.165) is 51.8 Å². The van der Waals surface area contributed by atoms with E-state index in [-0.39, 0.29) is 24.9 Å². The van der Waals surface area contributed by atoms with Crippen LogP contribution in [0.4, 0.5) is 5.69 Å². The van der Waals surface area contributed by atoms with Gasteiger partial charge in [-0.2, -0.15) is 0 Å². The summed E-state index contributed by atoms with van der Waals surface area (Å²) in [6.45, 7) is -0.358. The number of halogens is 1. The van der Waals surface area contributed by atoms with Crippen molar-refractivity contribution < 1.29 is 22.7 Å². The zero-order valence-corrected chi connectivity index (χ0v) is 28.1. The van der Waals surface area contributed by atoms with Gasteiger partial charge in [0, 0.05) is 23.5 Å². The van der Waals surface area contributed by atoms with Crippen LogP contribution in [0.25, 0.3) is 0 Å². The minimum absolute atomic E-state index is 0.0535. The minimum Gasteiger partial charge on any atom is -0.457 e. The molecule has 0 spiro atoms. The average molecular weight is 705 g/mol. The Labute approximate surface area is 279 Å². The molecule has 10 heteroatoms. The number of hydrogen-bond acceptors (Lipinski definition) is 5. The number of benzene rings is 4. The molecule has 4 aromatic rings. The van der Waals surface area contributed by atoms with Crippen LogP contribution >= 0.6 is 15.9 Å². The summed E-state index contributed by atoms with van der Waals surface area (Å²) in [5.74, 6) is 0.441. The van der Waals surface area contributed by atoms with E-state index < -0.39 is 28.5 Å². The van der Waals surface area contributed by atoms with Gasteiger partial charge in [-0.3, -0.25) is 13.9 Å². The fourth-order valence-electron chi connectivity index (χ4n) is 5.67. The first-order chi connectivity index (χ1) is 22.2. The van der Waals surface area contributed by atoms with Crippen molar-refractivity contribution in [3.63, 3.8) is 0 Å². The van der Waals surface area contributed by atoms with E-state index in [0.29, 0.717) is 17.2 Å². The summed E-state index contributed by atoms with van der Waals surface area (Å²) >= 11 is 3.51. The SMILES string of the molecule is CS(=O)(=O)N(CC(=O)N(Cc1cccc(Br)c1)C(Cc1ccccc1)C(=O)NC1CCCC1)c1ccc(Oc2ccccc2)cc1. The number of carbonyl (C=O) groups excluding carboxylic acids is 2. The van der Waals surface area contributed by atoms with Crippen molar-refractivity contribution in [2.45, 2.75) is 50.7 Å². The van der Waals surface area contributed by atoms with E-state index >= 15 is 0 Å². The molecule has 5 rings (SSSR count). The Hall–Kier alpha value is -4.15. The van der Waals surface area contributed by atoms with Crippen LogP contribution in [0.2, 0.25) is 0 Å². The zero-order chi connectivity index (χ0) is 32.5. The van der Waals surface area contributed by atoms with Crippen LogP contribution in [0.3, 0.4) is 0 Å². The molecule has 240 valence electrons. The first-order valence-corrected chi connectivity index (χ1v) is 18.0. The smallest absolute Gasteiger partial charge is 0.244 e. The quantitative estimate of drug-likeness (QED) is 0.167. The molecule has 1 aliphatic rings. The van der Waals surface area contributed by atoms with Crippen LogP contribution < -0.4 is 14.4 Å². The number of nitrogens with one attached hydrogen (secondary N) is 1. The Morgan fingerprint density at radius 3 is 2.09 bits per heavy atom. The lowest BCUT2D eigenvalue weighted by Crippen LogP contribution is -2.54. The van der Waals surface area contributed by atoms with Gasteiger partial charge in [-0.15, -0.1) is 0 Å². The monoisotopic (exact) mass is 703 g/mol. The molecule has 0 radical (unpaired) electrons. The molecule has 0 bridgehead atoms. The molecule has 8 nitrogen and oxygen atoms in total. The molecular formula is C36H38BrN3O5S. The summed E-state index contributed by atoms with van der Waals surface area (Å²) in [6, 6.07) is 32.1. The Balaban J connectivity index is 1.46. The average Bonchev–Trinajstić information content (AvgIpc) is 3.55. The molecule has 0 saturated heterocycles. The number of nitrogens with zero attached hydrogens (tertiary/aromatic N) is 2. The van der Waals surface area contributed by atoms with Crippen LogP contribution in [0, 0.1) is 0 Å². The molecule has 1 saturated carbocycles. The van der Waals surface area contributed by atoms with Gasteiger partial charge >= 0.3 is 0 Å². The van der Waals surface area contributed by atoms with Gasteiger partial charge in [0.1, 0.15) is 24.1 Å². The molecule has 46 heavy (non-hydrogen) atoms. The maximum atomic E-state index is 14.3. The number of hydrogen-bond donors (Lipinski definition) is 1. The summed E-state index contributed by atoms with van der Waals surface area (Å²) in [6.07, 6.45) is 5.25. The minimum atomic E-state index is -3.88. The second-order valence-electron chi connectivity index (χ2n) is 11.5. The van der Waals surface area contributed by atoms with E-state index in [1.807, 2.05) is 84.9 Å². The number of amides is 2. The van der Waals surface area contributed by atoms with Crippen LogP contribution in [-0.4, -0.2) is 50.0 Å². The van der Waals surface area contributed by atoms with Crippen molar-refractivity contribution in [1.82, 2.24) is 10.2 Å². The van der Waals surface area contributed by atoms with Gasteiger partial charge < -0.3 is 15.0 Å². The molecule has 0 heterocycles. The molecule has 0 aromatic heterocycles. The van der Waals surface area contributed by atoms with E-state index in [1.165, 1.54) is 4.90 Å². The topological polar surface area (TPSA) is 96.0 Å². The zero-order valence-electron chi connectivity index (χ0n) is 25.7. The maximum absolute atomic E-state index is 14.3. The number of rotatable bonds is 13. The van der Waals surface area contributed by atoms with E-state index in [2.05, 4.69) is 21.2 Å². The molecule has 0 aliphatic heterocycles. The number of anilines is 1. The van der Waals surface area contributed by atoms with Crippen molar-refractivity contribution in [2.75, 3.05) is 17.1 Å². The van der Waals surface area contributed by atoms with Gasteiger partial charge in [-0.1, -0.05) is 89.4 Å². The highest BCUT2D eigenvalue weighted by Crippen LogP contribution is 2.27. The van der Waals surface area contributed by atoms with Gasteiger partial charge in [-0.05, 0) is 72.5 Å². The third-order valence-corrected chi connectivity index (χ3v) is 9.63. The number of ether oxygens (including phenoxy) is 1. The molecule has 2 amide bonds. The Morgan fingerprint density at radius 2 is 1.46 bits per heavy atom. The predicted octanol–water partition coefficient (Wildman–Crippen LogP) is 6.71. The number of para-hydroxylation sites is 1. The van der Waals surface area contributed by atoms with E-state index in [9.17, 15) is 18.0 Å². The molecule has 1 fully saturated rings. The van der Waals surface area contributed by atoms with Gasteiger partial charge in [0.15, 0.2) is 0 Å². The van der Waals surface area contributed by atoms with Gasteiger partial charge in [-0.25, -0.2) is 8.42 Å². The second-order valence-corrected chi connectivity index (χ2v) is 14.3. The number of carbonyl (C=O) groups is 2. The fourth-order valence-corrected chi connectivity index (χ4v) is 6.97. The highest BCUT2D eigenvalue weighted by atomic mass is 79.9. The first-order valence-electron chi connectivity index (χ1n) is 15.3. The Kier molecular flexibility index (Phi) is 11.1. The highest BCUT2D eigenvalue weighted by molar-refractivity contribution is 9.10. The third kappa shape index (κ3) is 9.20. The summed E-state index contributed by atoms with van der Waals surface area (Å²) in [4.78, 5) is 29.9. The van der Waals surface area contributed by atoms with Crippen molar-refractivity contribution in [1.29, 1.82) is 0 Å². The van der Waals surface area contributed by atoms with Gasteiger partial charge in [0.05, 0.1) is 11.9 Å². The van der Waals surface area contributed by atoms with Crippen LogP contribution in [0.5, 0.6) is 11.5 Å². The predicted molar refractivity (Wildman–Crippen MR) is 184 cm³/mol. The summed E-state index contributed by atoms with van der Waals surface area (Å²) in [7, 11) is -3.88. The normalized spacial score (nSPS) is 14.0. The Bertz CT molecular complexity index is 1710. The third-order valence-electron chi connectivity index (χ3n) is 8.00. The molecule has 1 N–H and O–H groups in total. The molecule has 1 aliphatic carbocycles. The van der Waals surface area contributed by atoms with Crippen molar-refractivity contribution in [3.05, 3.63) is 125 Å². The standard InChI is InChI=1S/C36H38BrN3O5S/c1-46(43,44)40(31-19-21-33(22-20-31)45-32-17-6-3-7-18-32)26-35(41)39(25-28-13-10-14-29(37)23-28)34(24-27-11-4-2-5-12-27)36(42)38-30-15-8-9-16-30/h2-7,10-14,17-23,30,34H,8-9,15-16,24-26H2,1H3,(H,38,42). The lowest BCUT2D eigenvalue weighted by Gasteiger charge is -2.34. The lowest BCUT2D eigenvalue weighted by atomic mass is 10.0. The summed E-state index contributed by atoms with van der Waals surface area (Å²) in [5, 5.41) is 3.19. The van der Waals surface area contributed by atoms with E-state index in [4.69, 9.17) is 4.74 Å². The van der Waals surface area contributed by atoms with Crippen LogP contribution in [-0.2, 0) is 32.6 Å². The maximum Gasteiger partial charge on any atom is 0.244 e. The summed E-state index contributed by atoms with van der Waals surface area (Å²) in [5.41, 5.74) is 2.02. The molecule has 1 unspecified atom stereocenters. The Morgan fingerprint density at radius 1 is 0.848 bits per heavy atom. The lowest BCUT2D eigenvalue weighted by molar-refractivity contribution is -0.140. The van der Waals surface area contributed by atoms with E-state index in [1.54, 1.807) is 24.3 Å². The highest BCUT2D eigenvalue weighted by Gasteiger charge is 2.34. The second kappa shape index (κ2) is 15.4. The van der Waals surface area contributed by atoms with Crippen LogP contribution in [0.15, 0.2) is 114 Å². The van der Waals surface area contributed by atoms with Gasteiger partial charge in [0.25, 0.3) is 0 Å². The van der Waals surface area contributed by atoms with Crippen molar-refractivity contribution >= 4 is 43.5 Å². The van der Waals surface area contributed by atoms with Crippen molar-refractivity contribution in [3.8, 4) is 11.5 Å². The van der Waals surface area contributed by atoms with Gasteiger partial charge in [0.2, 0.25) is 21.8 Å². The molecular weight excluding hydrogens is 666 g/mol. The molecule has 4 aromatic carbocycles. The molecule has 1 atom stereocenters. The summed E-state index contributed by atoms with van der Waals surface area (Å²) < 4.78 is 34.0. The first kappa shape index (κ1) is 33.2.